The number of alkyl halides is 6. The van der Waals surface area contributed by atoms with E-state index >= 15 is 0 Å². The second-order valence-electron chi connectivity index (χ2n) is 5.09. The summed E-state index contributed by atoms with van der Waals surface area (Å²) in [6.45, 7) is 1.55. The van der Waals surface area contributed by atoms with E-state index in [1.54, 1.807) is 6.92 Å². The van der Waals surface area contributed by atoms with Gasteiger partial charge in [0.05, 0.1) is 5.56 Å². The monoisotopic (exact) mass is 362 g/mol. The molecule has 2 rings (SSSR count). The van der Waals surface area contributed by atoms with Gasteiger partial charge in [-0.1, -0.05) is 13.0 Å². The highest BCUT2D eigenvalue weighted by molar-refractivity contribution is 5.95. The van der Waals surface area contributed by atoms with E-state index in [2.05, 4.69) is 10.3 Å². The van der Waals surface area contributed by atoms with Crippen LogP contribution in [0.25, 0.3) is 11.1 Å². The van der Waals surface area contributed by atoms with Crippen LogP contribution in [0, 0.1) is 0 Å². The van der Waals surface area contributed by atoms with Crippen LogP contribution in [0.15, 0.2) is 36.5 Å². The summed E-state index contributed by atoms with van der Waals surface area (Å²) in [5, 5.41) is 2.43. The first-order valence-corrected chi connectivity index (χ1v) is 7.07. The number of hydrogen-bond donors (Lipinski definition) is 1. The average molecular weight is 362 g/mol. The molecule has 2 aromatic rings. The van der Waals surface area contributed by atoms with E-state index in [4.69, 9.17) is 0 Å². The lowest BCUT2D eigenvalue weighted by Gasteiger charge is -2.15. The van der Waals surface area contributed by atoms with Crippen molar-refractivity contribution < 1.29 is 31.1 Å². The molecule has 0 atom stereocenters. The molecule has 1 heterocycles. The van der Waals surface area contributed by atoms with Gasteiger partial charge in [0.2, 0.25) is 5.91 Å². The predicted molar refractivity (Wildman–Crippen MR) is 78.6 cm³/mol. The van der Waals surface area contributed by atoms with Crippen LogP contribution in [0.5, 0.6) is 0 Å². The van der Waals surface area contributed by atoms with Crippen molar-refractivity contribution in [2.24, 2.45) is 0 Å². The van der Waals surface area contributed by atoms with Crippen molar-refractivity contribution in [3.63, 3.8) is 0 Å². The molecule has 25 heavy (non-hydrogen) atoms. The van der Waals surface area contributed by atoms with Gasteiger partial charge in [-0.25, -0.2) is 0 Å². The average Bonchev–Trinajstić information content (AvgIpc) is 2.53. The van der Waals surface area contributed by atoms with E-state index in [-0.39, 0.29) is 23.2 Å². The van der Waals surface area contributed by atoms with Gasteiger partial charge in [0.25, 0.3) is 0 Å². The summed E-state index contributed by atoms with van der Waals surface area (Å²) < 4.78 is 76.5. The van der Waals surface area contributed by atoms with Gasteiger partial charge in [0, 0.05) is 29.4 Å². The lowest BCUT2D eigenvalue weighted by molar-refractivity contribution is -0.141. The Hall–Kier alpha value is -2.58. The maximum atomic E-state index is 12.9. The van der Waals surface area contributed by atoms with Crippen LogP contribution in [0.2, 0.25) is 0 Å². The minimum absolute atomic E-state index is 0.0190. The third kappa shape index (κ3) is 4.49. The van der Waals surface area contributed by atoms with Gasteiger partial charge in [-0.3, -0.25) is 9.78 Å². The summed E-state index contributed by atoms with van der Waals surface area (Å²) >= 11 is 0. The van der Waals surface area contributed by atoms with Crippen molar-refractivity contribution in [3.8, 4) is 11.1 Å². The Morgan fingerprint density at radius 2 is 1.72 bits per heavy atom. The van der Waals surface area contributed by atoms with E-state index in [0.29, 0.717) is 6.07 Å². The molecule has 0 radical (unpaired) electrons. The third-order valence-corrected chi connectivity index (χ3v) is 3.31. The second-order valence-corrected chi connectivity index (χ2v) is 5.09. The number of halogens is 6. The molecule has 0 saturated carbocycles. The highest BCUT2D eigenvalue weighted by Gasteiger charge is 2.33. The van der Waals surface area contributed by atoms with Gasteiger partial charge in [0.1, 0.15) is 5.69 Å². The first-order valence-electron chi connectivity index (χ1n) is 7.07. The van der Waals surface area contributed by atoms with Gasteiger partial charge in [-0.2, -0.15) is 26.3 Å². The first kappa shape index (κ1) is 18.8. The number of carbonyl (C=O) groups excluding carboxylic acids is 1. The largest absolute Gasteiger partial charge is 0.433 e. The molecule has 134 valence electrons. The van der Waals surface area contributed by atoms with Gasteiger partial charge >= 0.3 is 12.4 Å². The molecule has 0 unspecified atom stereocenters. The van der Waals surface area contributed by atoms with Crippen molar-refractivity contribution in [2.45, 2.75) is 25.7 Å². The zero-order chi connectivity index (χ0) is 18.8. The standard InChI is InChI=1S/C16H12F6N2O/c1-2-14(25)24-12-5-4-10(15(17,18)19)7-11(12)9-3-6-13(23-8-9)16(20,21)22/h3-8H,2H2,1H3,(H,24,25). The molecule has 1 aromatic heterocycles. The molecule has 0 aliphatic carbocycles. The van der Waals surface area contributed by atoms with E-state index in [1.165, 1.54) is 0 Å². The van der Waals surface area contributed by atoms with E-state index in [0.717, 1.165) is 30.5 Å². The van der Waals surface area contributed by atoms with Gasteiger partial charge in [0.15, 0.2) is 0 Å². The zero-order valence-corrected chi connectivity index (χ0v) is 12.8. The van der Waals surface area contributed by atoms with E-state index < -0.39 is 29.5 Å². The van der Waals surface area contributed by atoms with Crippen molar-refractivity contribution in [1.82, 2.24) is 4.98 Å². The SMILES string of the molecule is CCC(=O)Nc1ccc(C(F)(F)F)cc1-c1ccc(C(F)(F)F)nc1. The van der Waals surface area contributed by atoms with Crippen molar-refractivity contribution in [2.75, 3.05) is 5.32 Å². The maximum Gasteiger partial charge on any atom is 0.433 e. The molecule has 0 aliphatic rings. The normalized spacial score (nSPS) is 12.1. The fraction of sp³-hybridized carbons (Fsp3) is 0.250. The van der Waals surface area contributed by atoms with Crippen molar-refractivity contribution in [1.29, 1.82) is 0 Å². The van der Waals surface area contributed by atoms with Gasteiger partial charge in [-0.15, -0.1) is 0 Å². The number of hydrogen-bond acceptors (Lipinski definition) is 2. The molecule has 0 saturated heterocycles. The maximum absolute atomic E-state index is 12.9. The Labute approximate surface area is 138 Å². The van der Waals surface area contributed by atoms with Crippen LogP contribution in [-0.4, -0.2) is 10.9 Å². The number of nitrogens with zero attached hydrogens (tertiary/aromatic N) is 1. The lowest BCUT2D eigenvalue weighted by Crippen LogP contribution is -2.12. The van der Waals surface area contributed by atoms with Crippen LogP contribution >= 0.6 is 0 Å². The van der Waals surface area contributed by atoms with Crippen LogP contribution < -0.4 is 5.32 Å². The van der Waals surface area contributed by atoms with Gasteiger partial charge < -0.3 is 5.32 Å². The highest BCUT2D eigenvalue weighted by atomic mass is 19.4. The van der Waals surface area contributed by atoms with E-state index in [1.807, 2.05) is 0 Å². The summed E-state index contributed by atoms with van der Waals surface area (Å²) in [5.41, 5.74) is -2.15. The Morgan fingerprint density at radius 1 is 1.04 bits per heavy atom. The molecule has 1 N–H and O–H groups in total. The van der Waals surface area contributed by atoms with Crippen LogP contribution in [-0.2, 0) is 17.1 Å². The Balaban J connectivity index is 2.53. The fourth-order valence-corrected chi connectivity index (χ4v) is 2.03. The summed E-state index contributed by atoms with van der Waals surface area (Å²) in [5.74, 6) is -0.444. The predicted octanol–water partition coefficient (Wildman–Crippen LogP) is 5.13. The van der Waals surface area contributed by atoms with Gasteiger partial charge in [-0.05, 0) is 24.3 Å². The first-order chi connectivity index (χ1) is 11.5. The number of nitrogens with one attached hydrogen (secondary N) is 1. The second kappa shape index (κ2) is 6.73. The lowest BCUT2D eigenvalue weighted by atomic mass is 10.0. The summed E-state index contributed by atoms with van der Waals surface area (Å²) in [6.07, 6.45) is -8.39. The van der Waals surface area contributed by atoms with E-state index in [9.17, 15) is 31.1 Å². The number of pyridine rings is 1. The molecule has 1 aromatic carbocycles. The minimum Gasteiger partial charge on any atom is -0.326 e. The third-order valence-electron chi connectivity index (χ3n) is 3.31. The number of carbonyl (C=O) groups is 1. The minimum atomic E-state index is -4.66. The molecular weight excluding hydrogens is 350 g/mol. The van der Waals surface area contributed by atoms with Crippen molar-refractivity contribution >= 4 is 11.6 Å². The Kier molecular flexibility index (Phi) is 5.05. The Morgan fingerprint density at radius 3 is 2.20 bits per heavy atom. The smallest absolute Gasteiger partial charge is 0.326 e. The summed E-state index contributed by atoms with van der Waals surface area (Å²) in [4.78, 5) is 14.8. The molecule has 1 amide bonds. The molecule has 9 heteroatoms. The number of rotatable bonds is 3. The highest BCUT2D eigenvalue weighted by Crippen LogP contribution is 2.37. The molecule has 0 spiro atoms. The molecule has 3 nitrogen and oxygen atoms in total. The fourth-order valence-electron chi connectivity index (χ4n) is 2.03. The number of benzene rings is 1. The summed E-state index contributed by atoms with van der Waals surface area (Å²) in [7, 11) is 0. The summed E-state index contributed by atoms with van der Waals surface area (Å²) in [6, 6.07) is 4.28. The molecule has 0 aliphatic heterocycles. The topological polar surface area (TPSA) is 42.0 Å². The van der Waals surface area contributed by atoms with Crippen LogP contribution in [0.3, 0.4) is 0 Å². The van der Waals surface area contributed by atoms with Crippen LogP contribution in [0.4, 0.5) is 32.0 Å². The Bertz CT molecular complexity index is 766. The molecule has 0 bridgehead atoms. The number of aromatic nitrogens is 1. The molecule has 0 fully saturated rings. The quantitative estimate of drug-likeness (QED) is 0.769. The molecular formula is C16H12F6N2O. The van der Waals surface area contributed by atoms with Crippen LogP contribution in [0.1, 0.15) is 24.6 Å². The zero-order valence-electron chi connectivity index (χ0n) is 12.8. The number of anilines is 1. The van der Waals surface area contributed by atoms with Crippen molar-refractivity contribution in [3.05, 3.63) is 47.8 Å². The number of amides is 1.